The molecule has 1 unspecified atom stereocenters. The minimum Gasteiger partial charge on any atom is -0.493 e. The molecule has 0 aliphatic carbocycles. The van der Waals surface area contributed by atoms with E-state index in [0.29, 0.717) is 11.8 Å². The first kappa shape index (κ1) is 16.7. The summed E-state index contributed by atoms with van der Waals surface area (Å²) >= 11 is 0. The van der Waals surface area contributed by atoms with Crippen LogP contribution in [0, 0.1) is 0 Å². The van der Waals surface area contributed by atoms with Crippen molar-refractivity contribution in [3.05, 3.63) is 23.8 Å². The van der Waals surface area contributed by atoms with Gasteiger partial charge in [-0.25, -0.2) is 0 Å². The quantitative estimate of drug-likeness (QED) is 0.493. The van der Waals surface area contributed by atoms with E-state index in [1.807, 2.05) is 0 Å². The third kappa shape index (κ3) is 3.21. The first-order valence-corrected chi connectivity index (χ1v) is 6.62. The maximum Gasteiger partial charge on any atom is 0.229 e. The standard InChI is InChI=1S/C14H18O8/c1-20-9-4-7(5-15)2-3-8(9)21-14-13(19)12(18)11(17)10(6-16)22-14/h2-5,10-14,16-19H,6H2,1H3/t10-,11-,12+,13-,14?/m1/s1. The molecule has 1 aliphatic heterocycles. The summed E-state index contributed by atoms with van der Waals surface area (Å²) in [6.45, 7) is -0.550. The van der Waals surface area contributed by atoms with Gasteiger partial charge in [-0.15, -0.1) is 0 Å². The maximum atomic E-state index is 10.7. The fourth-order valence-corrected chi connectivity index (χ4v) is 2.14. The van der Waals surface area contributed by atoms with Gasteiger partial charge in [0.25, 0.3) is 0 Å². The smallest absolute Gasteiger partial charge is 0.229 e. The van der Waals surface area contributed by atoms with E-state index >= 15 is 0 Å². The number of ether oxygens (including phenoxy) is 3. The average Bonchev–Trinajstić information content (AvgIpc) is 2.55. The van der Waals surface area contributed by atoms with E-state index in [1.165, 1.54) is 25.3 Å². The van der Waals surface area contributed by atoms with Crippen molar-refractivity contribution in [3.63, 3.8) is 0 Å². The molecule has 2 rings (SSSR count). The van der Waals surface area contributed by atoms with Crippen molar-refractivity contribution in [1.29, 1.82) is 0 Å². The van der Waals surface area contributed by atoms with Crippen LogP contribution in [0.1, 0.15) is 10.4 Å². The number of hydrogen-bond donors (Lipinski definition) is 4. The van der Waals surface area contributed by atoms with Crippen molar-refractivity contribution in [2.45, 2.75) is 30.7 Å². The number of hydrogen-bond acceptors (Lipinski definition) is 8. The lowest BCUT2D eigenvalue weighted by Crippen LogP contribution is -2.60. The summed E-state index contributed by atoms with van der Waals surface area (Å²) < 4.78 is 15.8. The van der Waals surface area contributed by atoms with Crippen LogP contribution in [-0.4, -0.2) is 71.1 Å². The van der Waals surface area contributed by atoms with E-state index in [1.54, 1.807) is 0 Å². The number of aliphatic hydroxyl groups is 4. The minimum absolute atomic E-state index is 0.178. The van der Waals surface area contributed by atoms with Crippen molar-refractivity contribution in [1.82, 2.24) is 0 Å². The van der Waals surface area contributed by atoms with Gasteiger partial charge < -0.3 is 34.6 Å². The monoisotopic (exact) mass is 314 g/mol. The van der Waals surface area contributed by atoms with Crippen molar-refractivity contribution in [2.24, 2.45) is 0 Å². The zero-order valence-corrected chi connectivity index (χ0v) is 11.8. The first-order chi connectivity index (χ1) is 10.5. The summed E-state index contributed by atoms with van der Waals surface area (Å²) in [5, 5.41) is 38.4. The predicted molar refractivity (Wildman–Crippen MR) is 72.8 cm³/mol. The Bertz CT molecular complexity index is 518. The van der Waals surface area contributed by atoms with E-state index in [0.717, 1.165) is 0 Å². The van der Waals surface area contributed by atoms with Crippen LogP contribution in [0.5, 0.6) is 11.5 Å². The third-order valence-corrected chi connectivity index (χ3v) is 3.42. The Morgan fingerprint density at radius 2 is 1.91 bits per heavy atom. The Balaban J connectivity index is 2.20. The molecule has 0 saturated carbocycles. The highest BCUT2D eigenvalue weighted by Crippen LogP contribution is 2.31. The lowest BCUT2D eigenvalue weighted by atomic mass is 9.99. The Hall–Kier alpha value is -1.71. The highest BCUT2D eigenvalue weighted by atomic mass is 16.7. The van der Waals surface area contributed by atoms with Gasteiger partial charge in [0.05, 0.1) is 13.7 Å². The lowest BCUT2D eigenvalue weighted by Gasteiger charge is -2.39. The third-order valence-electron chi connectivity index (χ3n) is 3.42. The van der Waals surface area contributed by atoms with Gasteiger partial charge in [-0.1, -0.05) is 0 Å². The number of aldehydes is 1. The molecule has 1 heterocycles. The average molecular weight is 314 g/mol. The summed E-state index contributed by atoms with van der Waals surface area (Å²) in [6, 6.07) is 4.37. The van der Waals surface area contributed by atoms with E-state index in [9.17, 15) is 20.1 Å². The summed E-state index contributed by atoms with van der Waals surface area (Å²) in [4.78, 5) is 10.7. The number of methoxy groups -OCH3 is 1. The summed E-state index contributed by atoms with van der Waals surface area (Å²) in [5.74, 6) is 0.416. The molecule has 0 amide bonds. The molecule has 0 spiro atoms. The lowest BCUT2D eigenvalue weighted by molar-refractivity contribution is -0.277. The maximum absolute atomic E-state index is 10.7. The molecule has 122 valence electrons. The molecule has 8 nitrogen and oxygen atoms in total. The minimum atomic E-state index is -1.53. The highest BCUT2D eigenvalue weighted by Gasteiger charge is 2.44. The highest BCUT2D eigenvalue weighted by molar-refractivity contribution is 5.76. The normalized spacial score (nSPS) is 31.6. The van der Waals surface area contributed by atoms with E-state index in [-0.39, 0.29) is 11.5 Å². The summed E-state index contributed by atoms with van der Waals surface area (Å²) in [6.07, 6.45) is -6.25. The van der Waals surface area contributed by atoms with Crippen LogP contribution in [0.2, 0.25) is 0 Å². The van der Waals surface area contributed by atoms with Crippen molar-refractivity contribution in [3.8, 4) is 11.5 Å². The van der Waals surface area contributed by atoms with Gasteiger partial charge in [0.15, 0.2) is 11.5 Å². The summed E-state index contributed by atoms with van der Waals surface area (Å²) in [5.41, 5.74) is 0.373. The van der Waals surface area contributed by atoms with Gasteiger partial charge >= 0.3 is 0 Å². The van der Waals surface area contributed by atoms with Gasteiger partial charge in [-0.05, 0) is 18.2 Å². The van der Waals surface area contributed by atoms with Crippen LogP contribution in [-0.2, 0) is 4.74 Å². The molecule has 1 saturated heterocycles. The number of rotatable bonds is 5. The zero-order valence-electron chi connectivity index (χ0n) is 11.8. The molecule has 5 atom stereocenters. The van der Waals surface area contributed by atoms with Crippen LogP contribution >= 0.6 is 0 Å². The van der Waals surface area contributed by atoms with E-state index in [2.05, 4.69) is 0 Å². The topological polar surface area (TPSA) is 126 Å². The van der Waals surface area contributed by atoms with Crippen LogP contribution in [0.25, 0.3) is 0 Å². The van der Waals surface area contributed by atoms with Crippen molar-refractivity contribution < 1.29 is 39.4 Å². The van der Waals surface area contributed by atoms with E-state index < -0.39 is 37.3 Å². The number of carbonyl (C=O) groups excluding carboxylic acids is 1. The van der Waals surface area contributed by atoms with Gasteiger partial charge in [-0.3, -0.25) is 4.79 Å². The Morgan fingerprint density at radius 1 is 1.18 bits per heavy atom. The molecule has 1 aliphatic rings. The molecule has 22 heavy (non-hydrogen) atoms. The molecule has 0 radical (unpaired) electrons. The molecule has 0 aromatic heterocycles. The fourth-order valence-electron chi connectivity index (χ4n) is 2.14. The predicted octanol–water partition coefficient (Wildman–Crippen LogP) is -1.31. The second-order valence-corrected chi connectivity index (χ2v) is 4.84. The Labute approximate surface area is 126 Å². The van der Waals surface area contributed by atoms with Gasteiger partial charge in [0.2, 0.25) is 6.29 Å². The molecular formula is C14H18O8. The number of benzene rings is 1. The molecule has 8 heteroatoms. The Morgan fingerprint density at radius 3 is 2.50 bits per heavy atom. The molecule has 4 N–H and O–H groups in total. The number of aliphatic hydroxyl groups excluding tert-OH is 4. The van der Waals surface area contributed by atoms with Crippen LogP contribution < -0.4 is 9.47 Å². The van der Waals surface area contributed by atoms with Gasteiger partial charge in [-0.2, -0.15) is 0 Å². The molecule has 1 aromatic carbocycles. The van der Waals surface area contributed by atoms with Gasteiger partial charge in [0.1, 0.15) is 30.7 Å². The second-order valence-electron chi connectivity index (χ2n) is 4.84. The van der Waals surface area contributed by atoms with E-state index in [4.69, 9.17) is 19.3 Å². The Kier molecular flexibility index (Phi) is 5.33. The number of carbonyl (C=O) groups is 1. The first-order valence-electron chi connectivity index (χ1n) is 6.62. The SMILES string of the molecule is COc1cc(C=O)ccc1OC1O[C@H](CO)[C@@H](O)[C@H](O)[C@H]1O. The van der Waals surface area contributed by atoms with Crippen LogP contribution in [0.3, 0.4) is 0 Å². The molecule has 0 bridgehead atoms. The molecular weight excluding hydrogens is 296 g/mol. The largest absolute Gasteiger partial charge is 0.493 e. The van der Waals surface area contributed by atoms with Crippen LogP contribution in [0.15, 0.2) is 18.2 Å². The van der Waals surface area contributed by atoms with Crippen molar-refractivity contribution >= 4 is 6.29 Å². The second kappa shape index (κ2) is 7.03. The fraction of sp³-hybridized carbons (Fsp3) is 0.500. The van der Waals surface area contributed by atoms with Gasteiger partial charge in [0, 0.05) is 5.56 Å². The molecule has 1 aromatic rings. The van der Waals surface area contributed by atoms with Crippen LogP contribution in [0.4, 0.5) is 0 Å². The van der Waals surface area contributed by atoms with Crippen molar-refractivity contribution in [2.75, 3.05) is 13.7 Å². The molecule has 1 fully saturated rings. The summed E-state index contributed by atoms with van der Waals surface area (Å²) in [7, 11) is 1.38. The zero-order chi connectivity index (χ0) is 16.3.